The molecule has 0 saturated carbocycles. The van der Waals surface area contributed by atoms with Gasteiger partial charge >= 0.3 is 0 Å². The molecule has 1 amide bonds. The first-order chi connectivity index (χ1) is 12.7. The first kappa shape index (κ1) is 16.4. The summed E-state index contributed by atoms with van der Waals surface area (Å²) in [6.45, 7) is 0.561. The molecule has 26 heavy (non-hydrogen) atoms. The third kappa shape index (κ3) is 3.21. The Labute approximate surface area is 155 Å². The SMILES string of the molecule is O=C(/C=C\c1c(Cl)nc2ccccn12)NCCc1c[nH]c2ccccc12. The van der Waals surface area contributed by atoms with Crippen molar-refractivity contribution in [1.82, 2.24) is 19.7 Å². The Morgan fingerprint density at radius 1 is 1.23 bits per heavy atom. The topological polar surface area (TPSA) is 62.2 Å². The van der Waals surface area contributed by atoms with Crippen LogP contribution < -0.4 is 5.32 Å². The van der Waals surface area contributed by atoms with Crippen LogP contribution in [-0.2, 0) is 11.2 Å². The number of hydrogen-bond acceptors (Lipinski definition) is 2. The number of H-pyrrole nitrogens is 1. The number of halogens is 1. The summed E-state index contributed by atoms with van der Waals surface area (Å²) < 4.78 is 1.85. The van der Waals surface area contributed by atoms with E-state index in [1.54, 1.807) is 6.08 Å². The maximum absolute atomic E-state index is 12.1. The van der Waals surface area contributed by atoms with E-state index in [2.05, 4.69) is 21.4 Å². The molecule has 4 aromatic rings. The van der Waals surface area contributed by atoms with Gasteiger partial charge in [0.05, 0.1) is 5.69 Å². The highest BCUT2D eigenvalue weighted by molar-refractivity contribution is 6.31. The number of aromatic nitrogens is 3. The molecule has 0 unspecified atom stereocenters. The maximum Gasteiger partial charge on any atom is 0.244 e. The number of imidazole rings is 1. The van der Waals surface area contributed by atoms with E-state index in [4.69, 9.17) is 11.6 Å². The third-order valence-electron chi connectivity index (χ3n) is 4.28. The van der Waals surface area contributed by atoms with Gasteiger partial charge < -0.3 is 10.3 Å². The van der Waals surface area contributed by atoms with Crippen molar-refractivity contribution < 1.29 is 4.79 Å². The molecular weight excluding hydrogens is 348 g/mol. The number of aromatic amines is 1. The summed E-state index contributed by atoms with van der Waals surface area (Å²) in [7, 11) is 0. The standard InChI is InChI=1S/C20H17ClN4O/c21-20-17(25-12-4-3-7-18(25)24-20)8-9-19(26)22-11-10-14-13-23-16-6-2-1-5-15(14)16/h1-9,12-13,23H,10-11H2,(H,22,26)/b9-8-. The lowest BCUT2D eigenvalue weighted by molar-refractivity contribution is -0.116. The van der Waals surface area contributed by atoms with Gasteiger partial charge in [0.15, 0.2) is 5.15 Å². The van der Waals surface area contributed by atoms with Crippen molar-refractivity contribution >= 4 is 40.1 Å². The van der Waals surface area contributed by atoms with Gasteiger partial charge in [-0.1, -0.05) is 35.9 Å². The van der Waals surface area contributed by atoms with Crippen LogP contribution in [0.15, 0.2) is 60.9 Å². The summed E-state index contributed by atoms with van der Waals surface area (Å²) in [5.74, 6) is -0.160. The van der Waals surface area contributed by atoms with Crippen molar-refractivity contribution in [2.45, 2.75) is 6.42 Å². The number of nitrogens with one attached hydrogen (secondary N) is 2. The zero-order valence-electron chi connectivity index (χ0n) is 13.9. The highest BCUT2D eigenvalue weighted by atomic mass is 35.5. The number of carbonyl (C=O) groups is 1. The number of para-hydroxylation sites is 1. The molecule has 0 fully saturated rings. The molecule has 0 radical (unpaired) electrons. The Kier molecular flexibility index (Phi) is 4.46. The summed E-state index contributed by atoms with van der Waals surface area (Å²) in [5, 5.41) is 4.47. The highest BCUT2D eigenvalue weighted by Gasteiger charge is 2.07. The maximum atomic E-state index is 12.1. The van der Waals surface area contributed by atoms with Gasteiger partial charge in [-0.3, -0.25) is 9.20 Å². The average molecular weight is 365 g/mol. The van der Waals surface area contributed by atoms with Gasteiger partial charge in [-0.25, -0.2) is 4.98 Å². The van der Waals surface area contributed by atoms with E-state index in [1.807, 2.05) is 53.2 Å². The van der Waals surface area contributed by atoms with E-state index in [-0.39, 0.29) is 5.91 Å². The van der Waals surface area contributed by atoms with Gasteiger partial charge in [-0.15, -0.1) is 0 Å². The Hall–Kier alpha value is -3.05. The van der Waals surface area contributed by atoms with Crippen molar-refractivity contribution in [1.29, 1.82) is 0 Å². The van der Waals surface area contributed by atoms with Crippen molar-refractivity contribution in [3.8, 4) is 0 Å². The van der Waals surface area contributed by atoms with E-state index in [0.717, 1.165) is 17.6 Å². The number of pyridine rings is 1. The van der Waals surface area contributed by atoms with Crippen molar-refractivity contribution in [3.63, 3.8) is 0 Å². The average Bonchev–Trinajstić information content (AvgIpc) is 3.20. The number of fused-ring (bicyclic) bond motifs is 2. The minimum absolute atomic E-state index is 0.160. The largest absolute Gasteiger partial charge is 0.361 e. The summed E-state index contributed by atoms with van der Waals surface area (Å²) >= 11 is 6.16. The fourth-order valence-corrected chi connectivity index (χ4v) is 3.25. The van der Waals surface area contributed by atoms with Crippen LogP contribution >= 0.6 is 11.6 Å². The molecule has 3 heterocycles. The predicted molar refractivity (Wildman–Crippen MR) is 104 cm³/mol. The van der Waals surface area contributed by atoms with E-state index >= 15 is 0 Å². The highest BCUT2D eigenvalue weighted by Crippen LogP contribution is 2.19. The fourth-order valence-electron chi connectivity index (χ4n) is 3.01. The molecule has 6 heteroatoms. The molecule has 2 N–H and O–H groups in total. The molecule has 0 aliphatic heterocycles. The van der Waals surface area contributed by atoms with Gasteiger partial charge in [0.2, 0.25) is 5.91 Å². The van der Waals surface area contributed by atoms with Crippen LogP contribution in [0.2, 0.25) is 5.15 Å². The number of benzene rings is 1. The lowest BCUT2D eigenvalue weighted by atomic mass is 10.1. The zero-order chi connectivity index (χ0) is 17.9. The molecule has 130 valence electrons. The lowest BCUT2D eigenvalue weighted by Gasteiger charge is -2.02. The van der Waals surface area contributed by atoms with Gasteiger partial charge in [0.25, 0.3) is 0 Å². The van der Waals surface area contributed by atoms with Crippen LogP contribution in [-0.4, -0.2) is 26.8 Å². The molecule has 0 atom stereocenters. The Morgan fingerprint density at radius 2 is 2.08 bits per heavy atom. The van der Waals surface area contributed by atoms with Gasteiger partial charge in [-0.05, 0) is 36.3 Å². The molecule has 0 saturated heterocycles. The monoisotopic (exact) mass is 364 g/mol. The molecule has 4 rings (SSSR count). The van der Waals surface area contributed by atoms with Gasteiger partial charge in [-0.2, -0.15) is 0 Å². The molecule has 0 spiro atoms. The Balaban J connectivity index is 1.39. The van der Waals surface area contributed by atoms with E-state index in [9.17, 15) is 4.79 Å². The number of rotatable bonds is 5. The van der Waals surface area contributed by atoms with Crippen LogP contribution in [0.25, 0.3) is 22.6 Å². The van der Waals surface area contributed by atoms with Crippen molar-refractivity contribution in [3.05, 3.63) is 77.3 Å². The summed E-state index contributed by atoms with van der Waals surface area (Å²) in [6.07, 6.45) is 7.79. The summed E-state index contributed by atoms with van der Waals surface area (Å²) in [4.78, 5) is 19.6. The second-order valence-electron chi connectivity index (χ2n) is 5.95. The molecule has 5 nitrogen and oxygen atoms in total. The third-order valence-corrected chi connectivity index (χ3v) is 4.56. The van der Waals surface area contributed by atoms with Crippen LogP contribution in [0.1, 0.15) is 11.3 Å². The number of amides is 1. The van der Waals surface area contributed by atoms with Crippen LogP contribution in [0, 0.1) is 0 Å². The van der Waals surface area contributed by atoms with Crippen LogP contribution in [0.4, 0.5) is 0 Å². The fraction of sp³-hybridized carbons (Fsp3) is 0.100. The lowest BCUT2D eigenvalue weighted by Crippen LogP contribution is -2.23. The van der Waals surface area contributed by atoms with Crippen molar-refractivity contribution in [2.24, 2.45) is 0 Å². The van der Waals surface area contributed by atoms with Gasteiger partial charge in [0.1, 0.15) is 5.65 Å². The molecular formula is C20H17ClN4O. The molecule has 0 bridgehead atoms. The predicted octanol–water partition coefficient (Wildman–Crippen LogP) is 3.84. The normalized spacial score (nSPS) is 11.6. The molecule has 0 aliphatic carbocycles. The minimum Gasteiger partial charge on any atom is -0.361 e. The summed E-state index contributed by atoms with van der Waals surface area (Å²) in [5.41, 5.74) is 3.73. The number of nitrogens with zero attached hydrogens (tertiary/aromatic N) is 2. The van der Waals surface area contributed by atoms with Crippen LogP contribution in [0.3, 0.4) is 0 Å². The smallest absolute Gasteiger partial charge is 0.244 e. The Morgan fingerprint density at radius 3 is 3.00 bits per heavy atom. The van der Waals surface area contributed by atoms with E-state index in [1.165, 1.54) is 17.0 Å². The minimum atomic E-state index is -0.160. The van der Waals surface area contributed by atoms with E-state index < -0.39 is 0 Å². The Bertz CT molecular complexity index is 1110. The number of carbonyl (C=O) groups excluding carboxylic acids is 1. The molecule has 1 aromatic carbocycles. The first-order valence-electron chi connectivity index (χ1n) is 8.36. The number of hydrogen-bond donors (Lipinski definition) is 2. The quantitative estimate of drug-likeness (QED) is 0.528. The van der Waals surface area contributed by atoms with E-state index in [0.29, 0.717) is 17.4 Å². The second kappa shape index (κ2) is 7.06. The summed E-state index contributed by atoms with van der Waals surface area (Å²) in [6, 6.07) is 13.8. The molecule has 3 aromatic heterocycles. The first-order valence-corrected chi connectivity index (χ1v) is 8.73. The van der Waals surface area contributed by atoms with Gasteiger partial charge in [0, 0.05) is 35.9 Å². The second-order valence-corrected chi connectivity index (χ2v) is 6.31. The zero-order valence-corrected chi connectivity index (χ0v) is 14.7. The van der Waals surface area contributed by atoms with Crippen molar-refractivity contribution in [2.75, 3.05) is 6.54 Å². The van der Waals surface area contributed by atoms with Crippen LogP contribution in [0.5, 0.6) is 0 Å². The molecule has 0 aliphatic rings.